The maximum Gasteiger partial charge on any atom is 0.391 e. The van der Waals surface area contributed by atoms with Crippen molar-refractivity contribution in [2.24, 2.45) is 16.3 Å². The van der Waals surface area contributed by atoms with Gasteiger partial charge >= 0.3 is 6.18 Å². The third kappa shape index (κ3) is 6.20. The van der Waals surface area contributed by atoms with Crippen LogP contribution >= 0.6 is 0 Å². The third-order valence-corrected chi connectivity index (χ3v) is 4.35. The summed E-state index contributed by atoms with van der Waals surface area (Å²) < 4.78 is 38.6. The second kappa shape index (κ2) is 8.58. The minimum atomic E-state index is -4.14. The quantitative estimate of drug-likeness (QED) is 0.527. The molecule has 1 amide bonds. The van der Waals surface area contributed by atoms with Crippen LogP contribution < -0.4 is 16.0 Å². The smallest absolute Gasteiger partial charge is 0.356 e. The number of halogens is 3. The summed E-state index contributed by atoms with van der Waals surface area (Å²) in [5.41, 5.74) is -0.644. The molecule has 0 aromatic carbocycles. The molecule has 0 aromatic rings. The molecule has 24 heavy (non-hydrogen) atoms. The minimum Gasteiger partial charge on any atom is -0.356 e. The van der Waals surface area contributed by atoms with Gasteiger partial charge in [-0.25, -0.2) is 0 Å². The third-order valence-electron chi connectivity index (χ3n) is 4.35. The molecule has 1 aliphatic rings. The van der Waals surface area contributed by atoms with Crippen molar-refractivity contribution < 1.29 is 18.0 Å². The van der Waals surface area contributed by atoms with E-state index in [2.05, 4.69) is 20.9 Å². The first-order valence-corrected chi connectivity index (χ1v) is 8.42. The van der Waals surface area contributed by atoms with Crippen LogP contribution in [0.1, 0.15) is 46.5 Å². The summed E-state index contributed by atoms with van der Waals surface area (Å²) in [7, 11) is 1.57. The summed E-state index contributed by atoms with van der Waals surface area (Å²) in [6.07, 6.45) is -2.66. The molecule has 0 aliphatic heterocycles. The zero-order chi connectivity index (χ0) is 18.4. The molecule has 0 spiro atoms. The van der Waals surface area contributed by atoms with Crippen LogP contribution in [0.15, 0.2) is 4.99 Å². The minimum absolute atomic E-state index is 0.0594. The van der Waals surface area contributed by atoms with E-state index in [0.29, 0.717) is 31.9 Å². The average molecular weight is 350 g/mol. The standard InChI is InChI=1S/C16H29F3N4O/c1-5-21-13(24)15(2,3)10-22-14(20-4)23-12-8-6-7-11(9-12)16(17,18)19/h11-12H,5-10H2,1-4H3,(H,21,24)(H2,20,22,23). The fourth-order valence-corrected chi connectivity index (χ4v) is 2.79. The molecule has 0 aromatic heterocycles. The molecule has 140 valence electrons. The van der Waals surface area contributed by atoms with Crippen molar-refractivity contribution in [2.75, 3.05) is 20.1 Å². The SMILES string of the molecule is CCNC(=O)C(C)(C)CNC(=NC)NC1CCCC(C(F)(F)F)C1. The van der Waals surface area contributed by atoms with E-state index in [1.807, 2.05) is 6.92 Å². The van der Waals surface area contributed by atoms with Crippen molar-refractivity contribution in [3.05, 3.63) is 0 Å². The number of carbonyl (C=O) groups excluding carboxylic acids is 1. The first kappa shape index (κ1) is 20.6. The maximum atomic E-state index is 12.9. The summed E-state index contributed by atoms with van der Waals surface area (Å²) in [5, 5.41) is 8.87. The predicted molar refractivity (Wildman–Crippen MR) is 88.8 cm³/mol. The number of alkyl halides is 3. The second-order valence-electron chi connectivity index (χ2n) is 6.92. The van der Waals surface area contributed by atoms with Gasteiger partial charge in [-0.05, 0) is 40.0 Å². The van der Waals surface area contributed by atoms with Crippen molar-refractivity contribution in [1.82, 2.24) is 16.0 Å². The van der Waals surface area contributed by atoms with Gasteiger partial charge in [-0.3, -0.25) is 9.79 Å². The Labute approximate surface area is 141 Å². The lowest BCUT2D eigenvalue weighted by molar-refractivity contribution is -0.183. The number of nitrogens with zero attached hydrogens (tertiary/aromatic N) is 1. The zero-order valence-electron chi connectivity index (χ0n) is 14.9. The topological polar surface area (TPSA) is 65.5 Å². The van der Waals surface area contributed by atoms with E-state index in [1.54, 1.807) is 20.9 Å². The van der Waals surface area contributed by atoms with E-state index < -0.39 is 17.5 Å². The highest BCUT2D eigenvalue weighted by atomic mass is 19.4. The number of rotatable bonds is 5. The summed E-state index contributed by atoms with van der Waals surface area (Å²) in [6.45, 7) is 6.35. The van der Waals surface area contributed by atoms with Crippen LogP contribution in [0.4, 0.5) is 13.2 Å². The molecule has 3 N–H and O–H groups in total. The van der Waals surface area contributed by atoms with E-state index in [9.17, 15) is 18.0 Å². The van der Waals surface area contributed by atoms with Crippen LogP contribution in [-0.4, -0.2) is 44.2 Å². The van der Waals surface area contributed by atoms with E-state index in [4.69, 9.17) is 0 Å². The van der Waals surface area contributed by atoms with Gasteiger partial charge < -0.3 is 16.0 Å². The van der Waals surface area contributed by atoms with Crippen molar-refractivity contribution in [3.63, 3.8) is 0 Å². The van der Waals surface area contributed by atoms with E-state index in [0.717, 1.165) is 0 Å². The van der Waals surface area contributed by atoms with Crippen LogP contribution in [0.25, 0.3) is 0 Å². The molecular weight excluding hydrogens is 321 g/mol. The lowest BCUT2D eigenvalue weighted by atomic mass is 9.85. The molecule has 0 heterocycles. The van der Waals surface area contributed by atoms with E-state index in [1.165, 1.54) is 0 Å². The molecule has 1 rings (SSSR count). The van der Waals surface area contributed by atoms with Gasteiger partial charge in [0, 0.05) is 26.2 Å². The van der Waals surface area contributed by atoms with Gasteiger partial charge in [-0.2, -0.15) is 13.2 Å². The largest absolute Gasteiger partial charge is 0.391 e. The Morgan fingerprint density at radius 1 is 1.21 bits per heavy atom. The fraction of sp³-hybridized carbons (Fsp3) is 0.875. The summed E-state index contributed by atoms with van der Waals surface area (Å²) in [4.78, 5) is 16.0. The Morgan fingerprint density at radius 3 is 2.42 bits per heavy atom. The maximum absolute atomic E-state index is 12.9. The molecule has 0 radical (unpaired) electrons. The summed E-state index contributed by atoms with van der Waals surface area (Å²) in [5.74, 6) is -0.906. The van der Waals surface area contributed by atoms with E-state index >= 15 is 0 Å². The highest BCUT2D eigenvalue weighted by Gasteiger charge is 2.42. The van der Waals surface area contributed by atoms with Crippen LogP contribution in [-0.2, 0) is 4.79 Å². The lowest BCUT2D eigenvalue weighted by Gasteiger charge is -2.32. The van der Waals surface area contributed by atoms with Crippen LogP contribution in [0.3, 0.4) is 0 Å². The molecule has 2 atom stereocenters. The number of aliphatic imine (C=N–C) groups is 1. The zero-order valence-corrected chi connectivity index (χ0v) is 14.9. The summed E-state index contributed by atoms with van der Waals surface area (Å²) in [6, 6.07) is -0.260. The van der Waals surface area contributed by atoms with Gasteiger partial charge in [0.2, 0.25) is 5.91 Å². The number of nitrogens with one attached hydrogen (secondary N) is 3. The van der Waals surface area contributed by atoms with Crippen LogP contribution in [0.5, 0.6) is 0 Å². The van der Waals surface area contributed by atoms with Crippen LogP contribution in [0.2, 0.25) is 0 Å². The molecule has 0 saturated heterocycles. The van der Waals surface area contributed by atoms with Crippen molar-refractivity contribution >= 4 is 11.9 Å². The van der Waals surface area contributed by atoms with E-state index in [-0.39, 0.29) is 24.8 Å². The van der Waals surface area contributed by atoms with Crippen LogP contribution in [0, 0.1) is 11.3 Å². The normalized spacial score (nSPS) is 22.9. The van der Waals surface area contributed by atoms with Crippen molar-refractivity contribution in [1.29, 1.82) is 0 Å². The highest BCUT2D eigenvalue weighted by molar-refractivity contribution is 5.84. The first-order chi connectivity index (χ1) is 11.1. The van der Waals surface area contributed by atoms with Crippen molar-refractivity contribution in [2.45, 2.75) is 58.7 Å². The number of amides is 1. The van der Waals surface area contributed by atoms with Gasteiger partial charge in [-0.1, -0.05) is 6.42 Å². The molecule has 2 unspecified atom stereocenters. The molecule has 8 heteroatoms. The monoisotopic (exact) mass is 350 g/mol. The molecule has 1 saturated carbocycles. The Kier molecular flexibility index (Phi) is 7.35. The van der Waals surface area contributed by atoms with Gasteiger partial charge in [0.25, 0.3) is 0 Å². The van der Waals surface area contributed by atoms with Gasteiger partial charge in [0.1, 0.15) is 0 Å². The van der Waals surface area contributed by atoms with Crippen molar-refractivity contribution in [3.8, 4) is 0 Å². The predicted octanol–water partition coefficient (Wildman–Crippen LogP) is 2.43. The first-order valence-electron chi connectivity index (χ1n) is 8.42. The molecular formula is C16H29F3N4O. The molecule has 1 fully saturated rings. The number of hydrogen-bond donors (Lipinski definition) is 3. The van der Waals surface area contributed by atoms with Gasteiger partial charge in [-0.15, -0.1) is 0 Å². The molecule has 5 nitrogen and oxygen atoms in total. The van der Waals surface area contributed by atoms with Gasteiger partial charge in [0.15, 0.2) is 5.96 Å². The number of hydrogen-bond acceptors (Lipinski definition) is 2. The Balaban J connectivity index is 2.55. The number of carbonyl (C=O) groups is 1. The fourth-order valence-electron chi connectivity index (χ4n) is 2.79. The average Bonchev–Trinajstić information content (AvgIpc) is 2.51. The Hall–Kier alpha value is -1.47. The second-order valence-corrected chi connectivity index (χ2v) is 6.92. The highest BCUT2D eigenvalue weighted by Crippen LogP contribution is 2.37. The Bertz CT molecular complexity index is 449. The Morgan fingerprint density at radius 2 is 1.88 bits per heavy atom. The molecule has 1 aliphatic carbocycles. The molecule has 0 bridgehead atoms. The number of guanidine groups is 1. The lowest BCUT2D eigenvalue weighted by Crippen LogP contribution is -2.51. The van der Waals surface area contributed by atoms with Gasteiger partial charge in [0.05, 0.1) is 11.3 Å². The summed E-state index contributed by atoms with van der Waals surface area (Å²) >= 11 is 0.